The largest absolute Gasteiger partial charge is 0.476 e. The Balaban J connectivity index is 0.000000261. The van der Waals surface area contributed by atoms with Crippen molar-refractivity contribution in [2.45, 2.75) is 97.9 Å². The Bertz CT molecular complexity index is 2600. The van der Waals surface area contributed by atoms with Gasteiger partial charge in [0.15, 0.2) is 0 Å². The SMILES string of the molecule is CCCC[C@@H]1CN(c2ccc(F)cc2)c2cc(SCC)c(O/C=C(\F)C(=O)O)cc2S(=O)(=O)N1C.CCCC[C@H]1CN(c2ccc(F)cc2)c2cc(SCC)c(O/C=C(\F)C(=O)O)cc2S(=O)(=O)N1C. The van der Waals surface area contributed by atoms with Crippen LogP contribution in [0.2, 0.25) is 0 Å². The summed E-state index contributed by atoms with van der Waals surface area (Å²) in [6.07, 6.45) is 5.58. The molecule has 14 nitrogen and oxygen atoms in total. The molecule has 0 saturated heterocycles. The van der Waals surface area contributed by atoms with E-state index >= 15 is 0 Å². The molecule has 0 unspecified atom stereocenters. The molecule has 4 aromatic rings. The molecule has 4 aromatic carbocycles. The van der Waals surface area contributed by atoms with Crippen molar-refractivity contribution in [2.75, 3.05) is 48.5 Å². The van der Waals surface area contributed by atoms with Crippen LogP contribution in [0.15, 0.2) is 117 Å². The molecule has 0 radical (unpaired) electrons. The summed E-state index contributed by atoms with van der Waals surface area (Å²) < 4.78 is 123. The molecule has 2 aliphatic heterocycles. The first-order valence-electron chi connectivity index (χ1n) is 22.3. The summed E-state index contributed by atoms with van der Waals surface area (Å²) in [5.74, 6) is -6.18. The van der Waals surface area contributed by atoms with Crippen molar-refractivity contribution in [2.24, 2.45) is 0 Å². The van der Waals surface area contributed by atoms with Crippen molar-refractivity contribution in [3.63, 3.8) is 0 Å². The fourth-order valence-corrected chi connectivity index (χ4v) is 12.3. The number of thioether (sulfide) groups is 2. The fraction of sp³-hybridized carbons (Fsp3) is 0.375. The van der Waals surface area contributed by atoms with Gasteiger partial charge in [0.2, 0.25) is 31.7 Å². The molecule has 2 aliphatic rings. The van der Waals surface area contributed by atoms with Gasteiger partial charge in [0.05, 0.1) is 21.2 Å². The molecule has 2 N–H and O–H groups in total. The Morgan fingerprint density at radius 2 is 0.971 bits per heavy atom. The Labute approximate surface area is 415 Å². The predicted octanol–water partition coefficient (Wildman–Crippen LogP) is 11.1. The lowest BCUT2D eigenvalue weighted by Crippen LogP contribution is -2.40. The zero-order valence-corrected chi connectivity index (χ0v) is 42.7. The Hall–Kier alpha value is -5.26. The van der Waals surface area contributed by atoms with Crippen LogP contribution in [-0.4, -0.2) is 98.4 Å². The summed E-state index contributed by atoms with van der Waals surface area (Å²) in [6, 6.07) is 16.8. The maximum atomic E-state index is 13.7. The van der Waals surface area contributed by atoms with Gasteiger partial charge in [0.1, 0.15) is 45.4 Å². The lowest BCUT2D eigenvalue weighted by Gasteiger charge is -2.29. The Kier molecular flexibility index (Phi) is 19.7. The van der Waals surface area contributed by atoms with Gasteiger partial charge < -0.3 is 29.5 Å². The van der Waals surface area contributed by atoms with Crippen LogP contribution in [0, 0.1) is 11.6 Å². The minimum atomic E-state index is -4.00. The van der Waals surface area contributed by atoms with Crippen molar-refractivity contribution in [1.82, 2.24) is 8.61 Å². The number of nitrogens with zero attached hydrogens (tertiary/aromatic N) is 4. The van der Waals surface area contributed by atoms with Gasteiger partial charge in [-0.3, -0.25) is 0 Å². The molecule has 2 atom stereocenters. The van der Waals surface area contributed by atoms with Crippen LogP contribution in [0.3, 0.4) is 0 Å². The third-order valence-corrected chi connectivity index (χ3v) is 17.1. The summed E-state index contributed by atoms with van der Waals surface area (Å²) in [4.78, 5) is 26.2. The maximum Gasteiger partial charge on any atom is 0.368 e. The van der Waals surface area contributed by atoms with Gasteiger partial charge in [-0.25, -0.2) is 35.2 Å². The van der Waals surface area contributed by atoms with Gasteiger partial charge in [0, 0.05) is 62.8 Å². The Morgan fingerprint density at radius 3 is 1.27 bits per heavy atom. The zero-order chi connectivity index (χ0) is 51.5. The molecule has 0 fully saturated rings. The molecule has 6 rings (SSSR count). The summed E-state index contributed by atoms with van der Waals surface area (Å²) in [6.45, 7) is 8.52. The number of carbonyl (C=O) groups is 2. The number of aliphatic carboxylic acids is 2. The van der Waals surface area contributed by atoms with E-state index < -0.39 is 55.3 Å². The molecular formula is C48H56F4N4O10S4. The number of carboxylic acids is 2. The number of hydrogen-bond donors (Lipinski definition) is 2. The number of rotatable bonds is 18. The first-order chi connectivity index (χ1) is 33.2. The van der Waals surface area contributed by atoms with Crippen LogP contribution in [-0.2, 0) is 29.6 Å². The van der Waals surface area contributed by atoms with Crippen LogP contribution in [0.25, 0.3) is 0 Å². The fourth-order valence-electron chi connectivity index (χ4n) is 7.66. The van der Waals surface area contributed by atoms with Crippen LogP contribution in [0.4, 0.5) is 40.3 Å². The highest BCUT2D eigenvalue weighted by Crippen LogP contribution is 2.46. The third kappa shape index (κ3) is 13.2. The predicted molar refractivity (Wildman–Crippen MR) is 264 cm³/mol. The van der Waals surface area contributed by atoms with Gasteiger partial charge in [-0.15, -0.1) is 23.5 Å². The van der Waals surface area contributed by atoms with E-state index in [-0.39, 0.29) is 33.4 Å². The third-order valence-electron chi connectivity index (χ3n) is 11.4. The molecule has 0 aliphatic carbocycles. The second kappa shape index (κ2) is 24.7. The second-order valence-corrected chi connectivity index (χ2v) is 22.5. The van der Waals surface area contributed by atoms with Crippen LogP contribution in [0.5, 0.6) is 11.5 Å². The normalized spacial score (nSPS) is 18.1. The van der Waals surface area contributed by atoms with E-state index in [1.54, 1.807) is 36.4 Å². The number of anilines is 4. The number of sulfonamides is 2. The Morgan fingerprint density at radius 1 is 0.629 bits per heavy atom. The monoisotopic (exact) mass is 1050 g/mol. The summed E-state index contributed by atoms with van der Waals surface area (Å²) in [7, 11) is -4.95. The number of likely N-dealkylation sites (N-methyl/N-ethyl adjacent to an activating group) is 2. The number of fused-ring (bicyclic) bond motifs is 2. The van der Waals surface area contributed by atoms with Gasteiger partial charge in [-0.05, 0) is 85.0 Å². The molecule has 2 heterocycles. The highest BCUT2D eigenvalue weighted by atomic mass is 32.2. The minimum absolute atomic E-state index is 0.0232. The number of halogens is 4. The number of benzene rings is 4. The van der Waals surface area contributed by atoms with Crippen molar-refractivity contribution in [3.8, 4) is 11.5 Å². The topological polar surface area (TPSA) is 174 Å². The van der Waals surface area contributed by atoms with Crippen molar-refractivity contribution < 1.29 is 63.7 Å². The van der Waals surface area contributed by atoms with Crippen LogP contribution >= 0.6 is 23.5 Å². The summed E-state index contributed by atoms with van der Waals surface area (Å²) in [5.41, 5.74) is 2.01. The lowest BCUT2D eigenvalue weighted by atomic mass is 10.1. The van der Waals surface area contributed by atoms with Gasteiger partial charge >= 0.3 is 11.9 Å². The first-order valence-corrected chi connectivity index (χ1v) is 27.2. The van der Waals surface area contributed by atoms with Gasteiger partial charge in [-0.1, -0.05) is 53.4 Å². The van der Waals surface area contributed by atoms with E-state index in [4.69, 9.17) is 19.7 Å². The minimum Gasteiger partial charge on any atom is -0.476 e. The van der Waals surface area contributed by atoms with Gasteiger partial charge in [0.25, 0.3) is 0 Å². The molecule has 22 heteroatoms. The average Bonchev–Trinajstić information content (AvgIpc) is 3.46. The van der Waals surface area contributed by atoms with Gasteiger partial charge in [-0.2, -0.15) is 17.4 Å². The van der Waals surface area contributed by atoms with Crippen molar-refractivity contribution in [3.05, 3.63) is 109 Å². The average molecular weight is 1050 g/mol. The standard InChI is InChI=1S/2C24H28F2N2O5S2/c2*1-4-6-7-18-14-28(17-10-8-16(25)9-11-17)20-12-22(34-5-2)21(33-15-19(26)24(29)30)13-23(20)35(31,32)27(18)3/h2*8-13,15,18H,4-7,14H2,1-3H3,(H,29,30)/b2*19-15-/t2*18-/m10/s1. The molecule has 380 valence electrons. The molecule has 0 spiro atoms. The number of hydrogen-bond acceptors (Lipinski definition) is 12. The summed E-state index contributed by atoms with van der Waals surface area (Å²) >= 11 is 2.68. The quantitative estimate of drug-likeness (QED) is 0.0417. The van der Waals surface area contributed by atoms with Crippen LogP contribution < -0.4 is 19.3 Å². The van der Waals surface area contributed by atoms with E-state index in [2.05, 4.69) is 0 Å². The van der Waals surface area contributed by atoms with E-state index in [1.165, 1.54) is 82.6 Å². The van der Waals surface area contributed by atoms with E-state index in [0.29, 0.717) is 82.5 Å². The van der Waals surface area contributed by atoms with Crippen molar-refractivity contribution in [1.29, 1.82) is 0 Å². The highest BCUT2D eigenvalue weighted by molar-refractivity contribution is 7.99. The van der Waals surface area contributed by atoms with E-state index in [1.807, 2.05) is 37.5 Å². The van der Waals surface area contributed by atoms with Crippen molar-refractivity contribution >= 4 is 78.3 Å². The molecule has 0 aromatic heterocycles. The molecule has 70 heavy (non-hydrogen) atoms. The second-order valence-electron chi connectivity index (χ2n) is 16.0. The maximum absolute atomic E-state index is 13.7. The smallest absolute Gasteiger partial charge is 0.368 e. The number of unbranched alkanes of at least 4 members (excludes halogenated alkanes) is 2. The lowest BCUT2D eigenvalue weighted by molar-refractivity contribution is -0.135. The zero-order valence-electron chi connectivity index (χ0n) is 39.4. The highest BCUT2D eigenvalue weighted by Gasteiger charge is 2.39. The number of ether oxygens (including phenoxy) is 2. The summed E-state index contributed by atoms with van der Waals surface area (Å²) in [5, 5.41) is 17.6. The van der Waals surface area contributed by atoms with E-state index in [0.717, 1.165) is 25.7 Å². The molecule has 0 saturated carbocycles. The molecular weight excluding hydrogens is 997 g/mol. The molecule has 0 bridgehead atoms. The number of carboxylic acid groups (broad SMARTS) is 2. The first kappa shape index (κ1) is 55.7. The van der Waals surface area contributed by atoms with E-state index in [9.17, 15) is 44.0 Å². The van der Waals surface area contributed by atoms with Crippen LogP contribution in [0.1, 0.15) is 66.2 Å². The molecule has 0 amide bonds.